The Kier molecular flexibility index (Phi) is 7.68. The third-order valence-electron chi connectivity index (χ3n) is 8.23. The standard InChI is InChI=1S/C32H34BNO7/c1-31(2)32(3,4)41-33(40-31)21(16-20-14-15-28(38-5)29(36)26(20)18-35)17-34-30(37)39-19-27-24-12-8-6-10-22(24)23-11-7-9-13-25(23)27/h6-16,18,27,36H,17,19H2,1-5H3,(H,34,37). The Balaban J connectivity index is 1.35. The van der Waals surface area contributed by atoms with Crippen LogP contribution < -0.4 is 10.1 Å². The quantitative estimate of drug-likeness (QED) is 0.269. The Labute approximate surface area is 240 Å². The Morgan fingerprint density at radius 3 is 2.12 bits per heavy atom. The lowest BCUT2D eigenvalue weighted by molar-refractivity contribution is 0.00578. The van der Waals surface area contributed by atoms with Crippen molar-refractivity contribution < 1.29 is 33.5 Å². The number of phenolic OH excluding ortho intramolecular Hbond substituents is 1. The lowest BCUT2D eigenvalue weighted by Crippen LogP contribution is -2.41. The average molecular weight is 555 g/mol. The Morgan fingerprint density at radius 1 is 0.976 bits per heavy atom. The highest BCUT2D eigenvalue weighted by Crippen LogP contribution is 2.44. The zero-order valence-corrected chi connectivity index (χ0v) is 23.9. The second kappa shape index (κ2) is 11.1. The molecule has 0 spiro atoms. The minimum atomic E-state index is -0.808. The van der Waals surface area contributed by atoms with Gasteiger partial charge in [-0.25, -0.2) is 4.79 Å². The fraction of sp³-hybridized carbons (Fsp3) is 0.312. The molecule has 1 aliphatic heterocycles. The van der Waals surface area contributed by atoms with Crippen LogP contribution in [0.5, 0.6) is 11.5 Å². The molecule has 1 aliphatic carbocycles. The minimum Gasteiger partial charge on any atom is -0.504 e. The van der Waals surface area contributed by atoms with Gasteiger partial charge in [-0.3, -0.25) is 4.79 Å². The van der Waals surface area contributed by atoms with E-state index in [1.54, 1.807) is 18.2 Å². The van der Waals surface area contributed by atoms with Gasteiger partial charge in [0, 0.05) is 12.5 Å². The molecule has 8 nitrogen and oxygen atoms in total. The number of rotatable bonds is 8. The summed E-state index contributed by atoms with van der Waals surface area (Å²) in [6.45, 7) is 7.92. The van der Waals surface area contributed by atoms with Gasteiger partial charge in [0.1, 0.15) is 6.61 Å². The number of ether oxygens (including phenoxy) is 2. The number of phenols is 1. The van der Waals surface area contributed by atoms with Gasteiger partial charge in [0.05, 0.1) is 23.9 Å². The fourth-order valence-electron chi connectivity index (χ4n) is 5.24. The molecule has 9 heteroatoms. The summed E-state index contributed by atoms with van der Waals surface area (Å²) in [5.74, 6) is -0.157. The number of aromatic hydroxyl groups is 1. The van der Waals surface area contributed by atoms with Gasteiger partial charge in [-0.1, -0.05) is 60.7 Å². The number of alkyl carbamates (subject to hydrolysis) is 1. The number of carbonyl (C=O) groups is 2. The molecule has 1 fully saturated rings. The van der Waals surface area contributed by atoms with Crippen LogP contribution >= 0.6 is 0 Å². The van der Waals surface area contributed by atoms with E-state index >= 15 is 0 Å². The van der Waals surface area contributed by atoms with Gasteiger partial charge in [0.2, 0.25) is 0 Å². The van der Waals surface area contributed by atoms with E-state index in [9.17, 15) is 14.7 Å². The molecule has 0 radical (unpaired) electrons. The predicted molar refractivity (Wildman–Crippen MR) is 157 cm³/mol. The van der Waals surface area contributed by atoms with Crippen LogP contribution in [0.3, 0.4) is 0 Å². The number of carbonyl (C=O) groups excluding carboxylic acids is 2. The maximum absolute atomic E-state index is 13.0. The molecule has 0 unspecified atom stereocenters. The Morgan fingerprint density at radius 2 is 1.56 bits per heavy atom. The van der Waals surface area contributed by atoms with Crippen molar-refractivity contribution in [3.05, 3.63) is 88.4 Å². The van der Waals surface area contributed by atoms with Crippen molar-refractivity contribution in [1.29, 1.82) is 0 Å². The van der Waals surface area contributed by atoms with Gasteiger partial charge >= 0.3 is 13.2 Å². The van der Waals surface area contributed by atoms with Crippen LogP contribution in [0.1, 0.15) is 60.7 Å². The van der Waals surface area contributed by atoms with E-state index in [0.29, 0.717) is 17.3 Å². The first-order chi connectivity index (χ1) is 19.6. The molecule has 1 heterocycles. The van der Waals surface area contributed by atoms with E-state index in [1.807, 2.05) is 52.0 Å². The highest BCUT2D eigenvalue weighted by molar-refractivity contribution is 6.56. The average Bonchev–Trinajstić information content (AvgIpc) is 3.38. The first-order valence-electron chi connectivity index (χ1n) is 13.6. The number of benzene rings is 3. The Hall–Kier alpha value is -4.08. The topological polar surface area (TPSA) is 103 Å². The maximum Gasteiger partial charge on any atom is 0.492 e. The van der Waals surface area contributed by atoms with E-state index in [0.717, 1.165) is 22.3 Å². The number of amides is 1. The van der Waals surface area contributed by atoms with Crippen molar-refractivity contribution in [3.63, 3.8) is 0 Å². The van der Waals surface area contributed by atoms with Crippen LogP contribution in [0, 0.1) is 0 Å². The van der Waals surface area contributed by atoms with Crippen molar-refractivity contribution in [1.82, 2.24) is 5.32 Å². The van der Waals surface area contributed by atoms with Crippen LogP contribution in [0.4, 0.5) is 4.79 Å². The molecule has 2 aliphatic rings. The summed E-state index contributed by atoms with van der Waals surface area (Å²) in [6, 6.07) is 19.5. The molecular formula is C32H34BNO7. The molecular weight excluding hydrogens is 521 g/mol. The summed E-state index contributed by atoms with van der Waals surface area (Å²) < 4.78 is 23.3. The lowest BCUT2D eigenvalue weighted by atomic mass is 9.76. The molecule has 212 valence electrons. The highest BCUT2D eigenvalue weighted by atomic mass is 16.7. The zero-order chi connectivity index (χ0) is 29.4. The second-order valence-electron chi connectivity index (χ2n) is 11.2. The summed E-state index contributed by atoms with van der Waals surface area (Å²) in [6.07, 6.45) is 1.64. The minimum absolute atomic E-state index is 0.0264. The van der Waals surface area contributed by atoms with Crippen LogP contribution in [-0.4, -0.2) is 56.1 Å². The predicted octanol–water partition coefficient (Wildman–Crippen LogP) is 5.77. The molecule has 0 bridgehead atoms. The smallest absolute Gasteiger partial charge is 0.492 e. The van der Waals surface area contributed by atoms with Crippen molar-refractivity contribution in [2.75, 3.05) is 20.3 Å². The maximum atomic E-state index is 13.0. The third-order valence-corrected chi connectivity index (χ3v) is 8.23. The number of aldehydes is 1. The highest BCUT2D eigenvalue weighted by Gasteiger charge is 2.52. The van der Waals surface area contributed by atoms with Crippen molar-refractivity contribution >= 4 is 25.6 Å². The first-order valence-corrected chi connectivity index (χ1v) is 13.6. The van der Waals surface area contributed by atoms with Gasteiger partial charge in [-0.05, 0) is 67.1 Å². The zero-order valence-electron chi connectivity index (χ0n) is 23.9. The number of fused-ring (bicyclic) bond motifs is 3. The summed E-state index contributed by atoms with van der Waals surface area (Å²) in [5, 5.41) is 13.3. The fourth-order valence-corrected chi connectivity index (χ4v) is 5.24. The van der Waals surface area contributed by atoms with E-state index in [4.69, 9.17) is 18.8 Å². The molecule has 3 aromatic rings. The lowest BCUT2D eigenvalue weighted by Gasteiger charge is -2.32. The van der Waals surface area contributed by atoms with E-state index in [1.165, 1.54) is 7.11 Å². The van der Waals surface area contributed by atoms with Gasteiger partial charge in [0.25, 0.3) is 0 Å². The van der Waals surface area contributed by atoms with E-state index in [2.05, 4.69) is 29.6 Å². The monoisotopic (exact) mass is 555 g/mol. The molecule has 0 atom stereocenters. The Bertz CT molecular complexity index is 1450. The third kappa shape index (κ3) is 5.35. The number of hydrogen-bond donors (Lipinski definition) is 2. The first kappa shape index (κ1) is 28.5. The van der Waals surface area contributed by atoms with Crippen LogP contribution in [0.2, 0.25) is 0 Å². The summed E-state index contributed by atoms with van der Waals surface area (Å²) >= 11 is 0. The molecule has 41 heavy (non-hydrogen) atoms. The van der Waals surface area contributed by atoms with Gasteiger partial charge in [-0.15, -0.1) is 0 Å². The van der Waals surface area contributed by atoms with Crippen LogP contribution in [-0.2, 0) is 14.0 Å². The number of hydrogen-bond acceptors (Lipinski definition) is 7. The van der Waals surface area contributed by atoms with E-state index < -0.39 is 24.4 Å². The summed E-state index contributed by atoms with van der Waals surface area (Å²) in [5.41, 5.74) is 4.32. The normalized spacial score (nSPS) is 17.1. The molecule has 5 rings (SSSR count). The summed E-state index contributed by atoms with van der Waals surface area (Å²) in [7, 11) is 0.602. The number of nitrogens with one attached hydrogen (secondary N) is 1. The number of methoxy groups -OCH3 is 1. The van der Waals surface area contributed by atoms with E-state index in [-0.39, 0.29) is 36.1 Å². The molecule has 2 N–H and O–H groups in total. The molecule has 0 saturated carbocycles. The van der Waals surface area contributed by atoms with Gasteiger partial charge < -0.3 is 29.2 Å². The molecule has 0 aromatic heterocycles. The SMILES string of the molecule is COc1ccc(C=C(CNC(=O)OCC2c3ccccc3-c3ccccc32)B2OC(C)(C)C(C)(C)O2)c(C=O)c1O. The largest absolute Gasteiger partial charge is 0.504 e. The van der Waals surface area contributed by atoms with Gasteiger partial charge in [-0.2, -0.15) is 0 Å². The van der Waals surface area contributed by atoms with Crippen molar-refractivity contribution in [2.45, 2.75) is 44.8 Å². The van der Waals surface area contributed by atoms with Crippen LogP contribution in [0.15, 0.2) is 66.1 Å². The van der Waals surface area contributed by atoms with Crippen molar-refractivity contribution in [3.8, 4) is 22.6 Å². The van der Waals surface area contributed by atoms with Crippen LogP contribution in [0.25, 0.3) is 17.2 Å². The molecule has 1 saturated heterocycles. The van der Waals surface area contributed by atoms with Crippen molar-refractivity contribution in [2.24, 2.45) is 0 Å². The molecule has 1 amide bonds. The second-order valence-corrected chi connectivity index (χ2v) is 11.2. The molecule has 3 aromatic carbocycles. The van der Waals surface area contributed by atoms with Gasteiger partial charge in [0.15, 0.2) is 17.8 Å². The summed E-state index contributed by atoms with van der Waals surface area (Å²) in [4.78, 5) is 24.8.